The largest absolute Gasteiger partial charge is 0.465 e. The number of anilines is 1. The molecule has 1 unspecified atom stereocenters. The summed E-state index contributed by atoms with van der Waals surface area (Å²) in [4.78, 5) is 17.8. The summed E-state index contributed by atoms with van der Waals surface area (Å²) < 4.78 is 18.8. The Morgan fingerprint density at radius 1 is 1.22 bits per heavy atom. The van der Waals surface area contributed by atoms with E-state index in [1.807, 2.05) is 19.9 Å². The molecule has 0 aliphatic heterocycles. The van der Waals surface area contributed by atoms with Gasteiger partial charge in [-0.05, 0) is 60.7 Å². The standard InChI is InChI=1S/C24H23FN2O2S.C2H6/c1-29-24(28)20-11-12-26-15-22(20)27-14-17-6-4-5-16-13-18(9-10-19(16)17)30-23-8-3-2-7-21(23)25;1-2/h2-3,7-13,15,17,27H,4-6,14H2,1H3;1-2H3. The van der Waals surface area contributed by atoms with Gasteiger partial charge in [0, 0.05) is 28.5 Å². The molecule has 168 valence electrons. The first-order valence-electron chi connectivity index (χ1n) is 11.0. The Hall–Kier alpha value is -2.86. The third kappa shape index (κ3) is 5.68. The van der Waals surface area contributed by atoms with Crippen molar-refractivity contribution >= 4 is 23.4 Å². The van der Waals surface area contributed by atoms with Gasteiger partial charge in [-0.3, -0.25) is 4.98 Å². The highest BCUT2D eigenvalue weighted by atomic mass is 32.2. The zero-order valence-electron chi connectivity index (χ0n) is 18.7. The van der Waals surface area contributed by atoms with Crippen molar-refractivity contribution in [2.45, 2.75) is 48.8 Å². The van der Waals surface area contributed by atoms with Crippen LogP contribution < -0.4 is 5.32 Å². The first-order valence-corrected chi connectivity index (χ1v) is 11.8. The van der Waals surface area contributed by atoms with E-state index in [1.54, 1.807) is 30.6 Å². The first kappa shape index (κ1) is 23.8. The molecule has 1 N–H and O–H groups in total. The van der Waals surface area contributed by atoms with Crippen LogP contribution in [0.1, 0.15) is 54.1 Å². The number of carbonyl (C=O) groups is 1. The molecular weight excluding hydrogens is 423 g/mol. The molecule has 6 heteroatoms. The van der Waals surface area contributed by atoms with Crippen LogP contribution >= 0.6 is 11.8 Å². The second-order valence-corrected chi connectivity index (χ2v) is 8.39. The number of benzene rings is 2. The quantitative estimate of drug-likeness (QED) is 0.421. The minimum atomic E-state index is -0.376. The summed E-state index contributed by atoms with van der Waals surface area (Å²) in [6, 6.07) is 14.9. The maximum Gasteiger partial charge on any atom is 0.340 e. The Kier molecular flexibility index (Phi) is 8.68. The summed E-state index contributed by atoms with van der Waals surface area (Å²) >= 11 is 1.46. The van der Waals surface area contributed by atoms with E-state index < -0.39 is 0 Å². The summed E-state index contributed by atoms with van der Waals surface area (Å²) in [6.45, 7) is 4.71. The Bertz CT molecular complexity index is 1060. The third-order valence-electron chi connectivity index (χ3n) is 5.38. The fourth-order valence-electron chi connectivity index (χ4n) is 3.88. The minimum absolute atomic E-state index is 0.194. The predicted octanol–water partition coefficient (Wildman–Crippen LogP) is 6.72. The molecule has 0 spiro atoms. The molecule has 0 saturated heterocycles. The van der Waals surface area contributed by atoms with Gasteiger partial charge in [-0.15, -0.1) is 0 Å². The number of ether oxygens (including phenoxy) is 1. The number of nitrogens with one attached hydrogen (secondary N) is 1. The van der Waals surface area contributed by atoms with Crippen LogP contribution in [-0.2, 0) is 11.2 Å². The lowest BCUT2D eigenvalue weighted by atomic mass is 9.83. The van der Waals surface area contributed by atoms with E-state index in [0.29, 0.717) is 28.6 Å². The van der Waals surface area contributed by atoms with Gasteiger partial charge in [0.2, 0.25) is 0 Å². The van der Waals surface area contributed by atoms with Gasteiger partial charge in [0.25, 0.3) is 0 Å². The van der Waals surface area contributed by atoms with E-state index in [9.17, 15) is 9.18 Å². The van der Waals surface area contributed by atoms with Crippen molar-refractivity contribution in [1.29, 1.82) is 0 Å². The van der Waals surface area contributed by atoms with E-state index in [1.165, 1.54) is 36.1 Å². The van der Waals surface area contributed by atoms with Gasteiger partial charge >= 0.3 is 5.97 Å². The zero-order valence-corrected chi connectivity index (χ0v) is 19.5. The Morgan fingerprint density at radius 3 is 2.81 bits per heavy atom. The number of nitrogens with zero attached hydrogens (tertiary/aromatic N) is 1. The molecule has 4 rings (SSSR count). The van der Waals surface area contributed by atoms with E-state index >= 15 is 0 Å². The summed E-state index contributed by atoms with van der Waals surface area (Å²) in [5, 5.41) is 3.38. The van der Waals surface area contributed by atoms with Crippen LogP contribution in [-0.4, -0.2) is 24.6 Å². The SMILES string of the molecule is CC.COC(=O)c1ccncc1NCC1CCCc2cc(Sc3ccccc3F)ccc21. The molecule has 32 heavy (non-hydrogen) atoms. The van der Waals surface area contributed by atoms with Gasteiger partial charge in [-0.1, -0.05) is 43.8 Å². The number of fused-ring (bicyclic) bond motifs is 1. The van der Waals surface area contributed by atoms with Gasteiger partial charge in [-0.2, -0.15) is 0 Å². The van der Waals surface area contributed by atoms with Gasteiger partial charge in [0.05, 0.1) is 24.6 Å². The second kappa shape index (κ2) is 11.7. The number of aryl methyl sites for hydroxylation is 1. The van der Waals surface area contributed by atoms with Gasteiger partial charge < -0.3 is 10.1 Å². The molecule has 1 heterocycles. The number of rotatable bonds is 6. The smallest absolute Gasteiger partial charge is 0.340 e. The average Bonchev–Trinajstić information content (AvgIpc) is 2.85. The summed E-state index contributed by atoms with van der Waals surface area (Å²) in [7, 11) is 1.38. The Labute approximate surface area is 193 Å². The topological polar surface area (TPSA) is 51.2 Å². The van der Waals surface area contributed by atoms with Crippen LogP contribution in [0.3, 0.4) is 0 Å². The lowest BCUT2D eigenvalue weighted by Crippen LogP contribution is -2.19. The van der Waals surface area contributed by atoms with Gasteiger partial charge in [0.15, 0.2) is 0 Å². The third-order valence-corrected chi connectivity index (χ3v) is 6.42. The maximum atomic E-state index is 14.0. The highest BCUT2D eigenvalue weighted by Crippen LogP contribution is 2.37. The molecule has 0 radical (unpaired) electrons. The highest BCUT2D eigenvalue weighted by molar-refractivity contribution is 7.99. The molecule has 3 aromatic rings. The number of halogens is 1. The highest BCUT2D eigenvalue weighted by Gasteiger charge is 2.21. The minimum Gasteiger partial charge on any atom is -0.465 e. The molecule has 1 aliphatic rings. The van der Waals surface area contributed by atoms with Crippen molar-refractivity contribution in [3.63, 3.8) is 0 Å². The molecule has 4 nitrogen and oxygen atoms in total. The molecule has 0 amide bonds. The van der Waals surface area contributed by atoms with E-state index in [4.69, 9.17) is 4.74 Å². The normalized spacial score (nSPS) is 14.6. The van der Waals surface area contributed by atoms with Crippen molar-refractivity contribution < 1.29 is 13.9 Å². The zero-order chi connectivity index (χ0) is 22.9. The molecule has 1 aliphatic carbocycles. The Morgan fingerprint density at radius 2 is 2.03 bits per heavy atom. The molecule has 0 fully saturated rings. The fourth-order valence-corrected chi connectivity index (χ4v) is 4.78. The van der Waals surface area contributed by atoms with Crippen molar-refractivity contribution in [2.75, 3.05) is 19.0 Å². The molecule has 0 saturated carbocycles. The number of carbonyl (C=O) groups excluding carboxylic acids is 1. The second-order valence-electron chi connectivity index (χ2n) is 7.28. The molecule has 1 atom stereocenters. The van der Waals surface area contributed by atoms with Crippen molar-refractivity contribution in [2.24, 2.45) is 0 Å². The van der Waals surface area contributed by atoms with E-state index in [0.717, 1.165) is 24.2 Å². The number of hydrogen-bond donors (Lipinski definition) is 1. The molecule has 0 bridgehead atoms. The molecular formula is C26H29FN2O2S. The van der Waals surface area contributed by atoms with Crippen LogP contribution in [0.2, 0.25) is 0 Å². The van der Waals surface area contributed by atoms with Crippen LogP contribution in [0, 0.1) is 5.82 Å². The molecule has 2 aromatic carbocycles. The fraction of sp³-hybridized carbons (Fsp3) is 0.308. The number of hydrogen-bond acceptors (Lipinski definition) is 5. The van der Waals surface area contributed by atoms with Crippen molar-refractivity contribution in [1.82, 2.24) is 4.98 Å². The summed E-state index contributed by atoms with van der Waals surface area (Å²) in [5.41, 5.74) is 3.80. The number of aromatic nitrogens is 1. The van der Waals surface area contributed by atoms with Crippen LogP contribution in [0.5, 0.6) is 0 Å². The van der Waals surface area contributed by atoms with Gasteiger partial charge in [0.1, 0.15) is 5.82 Å². The monoisotopic (exact) mass is 452 g/mol. The van der Waals surface area contributed by atoms with Gasteiger partial charge in [-0.25, -0.2) is 9.18 Å². The van der Waals surface area contributed by atoms with Crippen LogP contribution in [0.15, 0.2) is 70.7 Å². The lowest BCUT2D eigenvalue weighted by Gasteiger charge is -2.27. The van der Waals surface area contributed by atoms with Crippen molar-refractivity contribution in [3.8, 4) is 0 Å². The summed E-state index contributed by atoms with van der Waals surface area (Å²) in [6.07, 6.45) is 6.45. The number of methoxy groups -OCH3 is 1. The lowest BCUT2D eigenvalue weighted by molar-refractivity contribution is 0.0601. The van der Waals surface area contributed by atoms with Crippen LogP contribution in [0.25, 0.3) is 0 Å². The number of pyridine rings is 1. The van der Waals surface area contributed by atoms with Crippen molar-refractivity contribution in [3.05, 3.63) is 83.4 Å². The average molecular weight is 453 g/mol. The number of esters is 1. The van der Waals surface area contributed by atoms with E-state index in [-0.39, 0.29) is 11.8 Å². The van der Waals surface area contributed by atoms with E-state index in [2.05, 4.69) is 28.5 Å². The van der Waals surface area contributed by atoms with Crippen LogP contribution in [0.4, 0.5) is 10.1 Å². The Balaban J connectivity index is 0.00000141. The summed E-state index contributed by atoms with van der Waals surface area (Å²) in [5.74, 6) is -0.231. The maximum absolute atomic E-state index is 14.0. The first-order chi connectivity index (χ1) is 15.7. The molecule has 1 aromatic heterocycles. The predicted molar refractivity (Wildman–Crippen MR) is 128 cm³/mol.